The van der Waals surface area contributed by atoms with Crippen LogP contribution in [-0.4, -0.2) is 63.3 Å². The topological polar surface area (TPSA) is 178 Å². The molecule has 6 atom stereocenters. The van der Waals surface area contributed by atoms with E-state index in [-0.39, 0.29) is 5.75 Å². The van der Waals surface area contributed by atoms with Gasteiger partial charge in [0.25, 0.3) is 5.56 Å². The number of carbonyl (C=O) groups excluding carboxylic acids is 1. The van der Waals surface area contributed by atoms with E-state index in [9.17, 15) is 29.2 Å². The quantitative estimate of drug-likeness (QED) is 0.191. The Morgan fingerprint density at radius 2 is 2.06 bits per heavy atom. The lowest BCUT2D eigenvalue weighted by molar-refractivity contribution is -0.142. The van der Waals surface area contributed by atoms with Gasteiger partial charge in [0.15, 0.2) is 6.23 Å². The van der Waals surface area contributed by atoms with Crippen LogP contribution in [0.15, 0.2) is 52.2 Å². The number of carbonyl (C=O) groups is 1. The van der Waals surface area contributed by atoms with Crippen molar-refractivity contribution in [3.8, 4) is 17.0 Å². The Morgan fingerprint density at radius 1 is 1.36 bits per heavy atom. The molecule has 1 fully saturated rings. The minimum atomic E-state index is -4.31. The number of rotatable bonds is 9. The first-order valence-corrected chi connectivity index (χ1v) is 12.3. The summed E-state index contributed by atoms with van der Waals surface area (Å²) in [5.41, 5.74) is -4.08. The average molecular weight is 544 g/mol. The van der Waals surface area contributed by atoms with Gasteiger partial charge in [-0.25, -0.2) is 9.36 Å². The molecule has 1 unspecified atom stereocenters. The first kappa shape index (κ1) is 27.6. The van der Waals surface area contributed by atoms with Gasteiger partial charge < -0.3 is 24.2 Å². The highest BCUT2D eigenvalue weighted by Crippen LogP contribution is 2.46. The van der Waals surface area contributed by atoms with E-state index in [4.69, 9.17) is 25.4 Å². The van der Waals surface area contributed by atoms with Gasteiger partial charge in [0.05, 0.1) is 13.7 Å². The van der Waals surface area contributed by atoms with Crippen molar-refractivity contribution < 1.29 is 38.1 Å². The van der Waals surface area contributed by atoms with E-state index in [1.807, 2.05) is 10.4 Å². The lowest BCUT2D eigenvalue weighted by Gasteiger charge is -2.26. The molecule has 1 aliphatic rings. The maximum Gasteiger partial charge on any atom is 0.459 e. The molecule has 2 heterocycles. The van der Waals surface area contributed by atoms with Crippen LogP contribution in [0.2, 0.25) is 0 Å². The number of para-hydroxylation sites is 1. The molecule has 1 aliphatic heterocycles. The van der Waals surface area contributed by atoms with Crippen LogP contribution in [0.4, 0.5) is 0 Å². The summed E-state index contributed by atoms with van der Waals surface area (Å²) < 4.78 is 35.5. The Morgan fingerprint density at radius 3 is 2.67 bits per heavy atom. The number of nitrogens with one attached hydrogen (secondary N) is 2. The number of nitrogens with zero attached hydrogens (tertiary/aromatic N) is 1. The van der Waals surface area contributed by atoms with Crippen molar-refractivity contribution in [2.24, 2.45) is 0 Å². The van der Waals surface area contributed by atoms with Crippen LogP contribution in [-0.2, 0) is 23.4 Å². The van der Waals surface area contributed by atoms with Crippen LogP contribution in [0.1, 0.15) is 13.2 Å². The third kappa shape index (κ3) is 6.05. The maximum absolute atomic E-state index is 13.5. The molecule has 0 radical (unpaired) electrons. The highest BCUT2D eigenvalue weighted by Gasteiger charge is 2.56. The summed E-state index contributed by atoms with van der Waals surface area (Å²) in [6.07, 6.45) is -3.84. The third-order valence-corrected chi connectivity index (χ3v) is 6.86. The van der Waals surface area contributed by atoms with Crippen molar-refractivity contribution in [2.75, 3.05) is 13.7 Å². The van der Waals surface area contributed by atoms with Gasteiger partial charge in [0.2, 0.25) is 5.60 Å². The van der Waals surface area contributed by atoms with Gasteiger partial charge >= 0.3 is 19.4 Å². The van der Waals surface area contributed by atoms with E-state index in [1.54, 1.807) is 18.2 Å². The molecule has 0 spiro atoms. The summed E-state index contributed by atoms with van der Waals surface area (Å²) in [6.45, 7) is 0.706. The molecule has 0 aliphatic carbocycles. The zero-order chi connectivity index (χ0) is 26.5. The number of H-pyrrole nitrogens is 1. The zero-order valence-corrected chi connectivity index (χ0v) is 20.6. The number of aliphatic hydroxyl groups excluding tert-OH is 1. The SMILES string of the molecule is COC(=O)[C@H](C)NP(=O)(OC[C@H]1O[C@@H](n2ccc(=O)[nH]c2=O)[C@@](O)(C#CCl)[C@@H]1O)Oc1ccccc1. The van der Waals surface area contributed by atoms with Crippen LogP contribution in [0.25, 0.3) is 0 Å². The molecule has 15 heteroatoms. The van der Waals surface area contributed by atoms with Gasteiger partial charge in [-0.15, -0.1) is 0 Å². The number of hydrogen-bond donors (Lipinski definition) is 4. The monoisotopic (exact) mass is 543 g/mol. The van der Waals surface area contributed by atoms with Crippen LogP contribution in [0.5, 0.6) is 5.75 Å². The Bertz CT molecular complexity index is 1310. The molecule has 4 N–H and O–H groups in total. The van der Waals surface area contributed by atoms with E-state index < -0.39 is 61.7 Å². The van der Waals surface area contributed by atoms with E-state index in [0.29, 0.717) is 0 Å². The number of esters is 1. The molecule has 1 saturated heterocycles. The Balaban J connectivity index is 1.87. The number of ether oxygens (including phenoxy) is 2. The number of aliphatic hydroxyl groups is 2. The second kappa shape index (κ2) is 11.4. The van der Waals surface area contributed by atoms with Gasteiger partial charge in [-0.2, -0.15) is 5.09 Å². The lowest BCUT2D eigenvalue weighted by Crippen LogP contribution is -2.48. The minimum Gasteiger partial charge on any atom is -0.468 e. The first-order chi connectivity index (χ1) is 17.0. The molecular weight excluding hydrogens is 521 g/mol. The average Bonchev–Trinajstić information content (AvgIpc) is 3.08. The Kier molecular flexibility index (Phi) is 8.76. The third-order valence-electron chi connectivity index (χ3n) is 5.12. The predicted molar refractivity (Wildman–Crippen MR) is 125 cm³/mol. The summed E-state index contributed by atoms with van der Waals surface area (Å²) in [7, 11) is -3.17. The summed E-state index contributed by atoms with van der Waals surface area (Å²) in [5.74, 6) is 1.58. The number of aromatic nitrogens is 2. The van der Waals surface area contributed by atoms with Crippen molar-refractivity contribution in [1.82, 2.24) is 14.6 Å². The standard InChI is InChI=1S/C21H23ClN3O10P/c1-13(18(28)32-2)24-36(31,35-14-6-4-3-5-7-14)33-12-15-17(27)21(30,9-10-22)19(34-15)25-11-8-16(26)23-20(25)29/h3-8,11,13,15,17,19,27,30H,12H2,1-2H3,(H,24,31)(H,23,26,29)/t13-,15+,17+,19+,21+,36?/m0/s1. The molecule has 3 rings (SSSR count). The first-order valence-electron chi connectivity index (χ1n) is 10.4. The fraction of sp³-hybridized carbons (Fsp3) is 0.381. The number of methoxy groups -OCH3 is 1. The molecule has 1 aromatic heterocycles. The summed E-state index contributed by atoms with van der Waals surface area (Å²) >= 11 is 5.46. The van der Waals surface area contributed by atoms with Crippen molar-refractivity contribution in [1.29, 1.82) is 0 Å². The minimum absolute atomic E-state index is 0.139. The van der Waals surface area contributed by atoms with Crippen molar-refractivity contribution in [3.05, 3.63) is 63.4 Å². The van der Waals surface area contributed by atoms with Crippen LogP contribution < -0.4 is 20.9 Å². The highest BCUT2D eigenvalue weighted by atomic mass is 35.5. The van der Waals surface area contributed by atoms with E-state index in [1.165, 1.54) is 19.1 Å². The van der Waals surface area contributed by atoms with Crippen LogP contribution in [0, 0.1) is 11.3 Å². The summed E-state index contributed by atoms with van der Waals surface area (Å²) in [6, 6.07) is 7.79. The Hall–Kier alpha value is -2.95. The fourth-order valence-electron chi connectivity index (χ4n) is 3.35. The second-order valence-electron chi connectivity index (χ2n) is 7.61. The van der Waals surface area contributed by atoms with E-state index >= 15 is 0 Å². The molecule has 0 bridgehead atoms. The molecule has 0 saturated carbocycles. The van der Waals surface area contributed by atoms with E-state index in [2.05, 4.69) is 15.7 Å². The molecule has 13 nitrogen and oxygen atoms in total. The van der Waals surface area contributed by atoms with Gasteiger partial charge in [0, 0.05) is 17.6 Å². The molecule has 0 amide bonds. The second-order valence-corrected chi connectivity index (χ2v) is 9.49. The molecular formula is C21H23ClN3O10P. The van der Waals surface area contributed by atoms with Crippen molar-refractivity contribution >= 4 is 25.3 Å². The Labute approximate surface area is 209 Å². The number of hydrogen-bond acceptors (Lipinski definition) is 10. The number of benzene rings is 1. The van der Waals surface area contributed by atoms with E-state index in [0.717, 1.165) is 23.9 Å². The molecule has 36 heavy (non-hydrogen) atoms. The van der Waals surface area contributed by atoms with Crippen molar-refractivity contribution in [2.45, 2.75) is 37.0 Å². The van der Waals surface area contributed by atoms with Gasteiger partial charge in [-0.3, -0.25) is 23.7 Å². The predicted octanol–water partition coefficient (Wildman–Crippen LogP) is 0.0805. The molecule has 194 valence electrons. The highest BCUT2D eigenvalue weighted by molar-refractivity contribution is 7.52. The van der Waals surface area contributed by atoms with Gasteiger partial charge in [-0.1, -0.05) is 18.2 Å². The fourth-order valence-corrected chi connectivity index (χ4v) is 5.01. The molecule has 1 aromatic carbocycles. The van der Waals surface area contributed by atoms with Gasteiger partial charge in [0.1, 0.15) is 24.0 Å². The molecule has 2 aromatic rings. The number of halogens is 1. The van der Waals surface area contributed by atoms with Gasteiger partial charge in [-0.05, 0) is 36.6 Å². The summed E-state index contributed by atoms with van der Waals surface area (Å²) in [5, 5.41) is 26.2. The zero-order valence-electron chi connectivity index (χ0n) is 19.0. The van der Waals surface area contributed by atoms with Crippen LogP contribution in [0.3, 0.4) is 0 Å². The lowest BCUT2D eigenvalue weighted by atomic mass is 9.95. The summed E-state index contributed by atoms with van der Waals surface area (Å²) in [4.78, 5) is 37.6. The largest absolute Gasteiger partial charge is 0.468 e. The normalized spacial score (nSPS) is 25.8. The smallest absolute Gasteiger partial charge is 0.459 e. The maximum atomic E-state index is 13.5. The van der Waals surface area contributed by atoms with Crippen LogP contribution >= 0.6 is 19.3 Å². The van der Waals surface area contributed by atoms with Crippen molar-refractivity contribution in [3.63, 3.8) is 0 Å². The number of aromatic amines is 1.